The van der Waals surface area contributed by atoms with Gasteiger partial charge in [-0.2, -0.15) is 0 Å². The molecule has 0 aliphatic heterocycles. The highest BCUT2D eigenvalue weighted by molar-refractivity contribution is 5.88. The number of hydrogen-bond acceptors (Lipinski definition) is 7. The highest BCUT2D eigenvalue weighted by Crippen LogP contribution is 2.08. The van der Waals surface area contributed by atoms with E-state index in [4.69, 9.17) is 14.2 Å². The van der Waals surface area contributed by atoms with Crippen LogP contribution in [0.15, 0.2) is 0 Å². The highest BCUT2D eigenvalue weighted by atomic mass is 16.5. The molecule has 0 aliphatic rings. The van der Waals surface area contributed by atoms with Crippen LogP contribution >= 0.6 is 0 Å². The van der Waals surface area contributed by atoms with Crippen LogP contribution < -0.4 is 0 Å². The minimum atomic E-state index is -0.524. The van der Waals surface area contributed by atoms with Gasteiger partial charge < -0.3 is 18.9 Å². The zero-order valence-corrected chi connectivity index (χ0v) is 12.1. The molecular weight excluding hydrogens is 266 g/mol. The summed E-state index contributed by atoms with van der Waals surface area (Å²) in [5, 5.41) is 7.74. The fourth-order valence-corrected chi connectivity index (χ4v) is 1.61. The first kappa shape index (κ1) is 16.5. The van der Waals surface area contributed by atoms with Crippen LogP contribution in [0.5, 0.6) is 0 Å². The topological polar surface area (TPSA) is 84.7 Å². The predicted molar refractivity (Wildman–Crippen MR) is 69.4 cm³/mol. The van der Waals surface area contributed by atoms with Gasteiger partial charge in [-0.25, -0.2) is 9.48 Å². The first-order valence-corrected chi connectivity index (χ1v) is 6.30. The van der Waals surface area contributed by atoms with Gasteiger partial charge in [-0.05, 0) is 6.42 Å². The summed E-state index contributed by atoms with van der Waals surface area (Å²) in [6, 6.07) is 0. The molecule has 8 nitrogen and oxygen atoms in total. The molecule has 0 bridgehead atoms. The summed E-state index contributed by atoms with van der Waals surface area (Å²) in [6.45, 7) is 2.50. The minimum Gasteiger partial charge on any atom is -0.464 e. The molecule has 0 amide bonds. The van der Waals surface area contributed by atoms with Crippen molar-refractivity contribution in [1.82, 2.24) is 15.0 Å². The SMILES string of the molecule is COCCCOCCn1nnc(C(=O)OC)c1COC. The van der Waals surface area contributed by atoms with E-state index in [-0.39, 0.29) is 12.3 Å². The third-order valence-electron chi connectivity index (χ3n) is 2.58. The fraction of sp³-hybridized carbons (Fsp3) is 0.750. The van der Waals surface area contributed by atoms with E-state index < -0.39 is 5.97 Å². The Morgan fingerprint density at radius 3 is 2.60 bits per heavy atom. The first-order valence-electron chi connectivity index (χ1n) is 6.30. The zero-order chi connectivity index (χ0) is 14.8. The maximum atomic E-state index is 11.5. The zero-order valence-electron chi connectivity index (χ0n) is 12.1. The predicted octanol–water partition coefficient (Wildman–Crippen LogP) is 0.264. The molecule has 0 aromatic carbocycles. The molecule has 0 N–H and O–H groups in total. The normalized spacial score (nSPS) is 10.8. The van der Waals surface area contributed by atoms with Crippen molar-refractivity contribution in [3.05, 3.63) is 11.4 Å². The lowest BCUT2D eigenvalue weighted by Crippen LogP contribution is -2.14. The van der Waals surface area contributed by atoms with Gasteiger partial charge in [0.1, 0.15) is 0 Å². The van der Waals surface area contributed by atoms with Gasteiger partial charge in [0, 0.05) is 27.4 Å². The second-order valence-corrected chi connectivity index (χ2v) is 3.99. The number of carbonyl (C=O) groups excluding carboxylic acids is 1. The van der Waals surface area contributed by atoms with Crippen LogP contribution in [0.3, 0.4) is 0 Å². The summed E-state index contributed by atoms with van der Waals surface area (Å²) in [5.74, 6) is -0.524. The molecule has 0 fully saturated rings. The average molecular weight is 287 g/mol. The molecule has 1 rings (SSSR count). The standard InChI is InChI=1S/C12H21N3O5/c1-17-6-4-7-20-8-5-15-10(9-18-2)11(13-14-15)12(16)19-3/h4-9H2,1-3H3. The first-order chi connectivity index (χ1) is 9.74. The number of ether oxygens (including phenoxy) is 4. The number of rotatable bonds is 10. The molecule has 1 aromatic heterocycles. The molecule has 0 unspecified atom stereocenters. The van der Waals surface area contributed by atoms with E-state index in [1.54, 1.807) is 18.9 Å². The summed E-state index contributed by atoms with van der Waals surface area (Å²) >= 11 is 0. The summed E-state index contributed by atoms with van der Waals surface area (Å²) < 4.78 is 21.7. The van der Waals surface area contributed by atoms with Gasteiger partial charge in [-0.1, -0.05) is 5.21 Å². The summed E-state index contributed by atoms with van der Waals surface area (Å²) in [5.41, 5.74) is 0.758. The quantitative estimate of drug-likeness (QED) is 0.451. The van der Waals surface area contributed by atoms with Crippen molar-refractivity contribution in [3.63, 3.8) is 0 Å². The van der Waals surface area contributed by atoms with Crippen molar-refractivity contribution in [2.45, 2.75) is 19.6 Å². The number of methoxy groups -OCH3 is 3. The van der Waals surface area contributed by atoms with Crippen molar-refractivity contribution in [2.24, 2.45) is 0 Å². The average Bonchev–Trinajstić information content (AvgIpc) is 2.85. The van der Waals surface area contributed by atoms with Crippen LogP contribution in [0.25, 0.3) is 0 Å². The van der Waals surface area contributed by atoms with E-state index in [1.807, 2.05) is 0 Å². The largest absolute Gasteiger partial charge is 0.464 e. The number of esters is 1. The van der Waals surface area contributed by atoms with Gasteiger partial charge >= 0.3 is 5.97 Å². The molecule has 20 heavy (non-hydrogen) atoms. The van der Waals surface area contributed by atoms with Gasteiger partial charge in [-0.3, -0.25) is 0 Å². The lowest BCUT2D eigenvalue weighted by molar-refractivity contribution is 0.0587. The van der Waals surface area contributed by atoms with E-state index >= 15 is 0 Å². The van der Waals surface area contributed by atoms with Gasteiger partial charge in [-0.15, -0.1) is 5.10 Å². The minimum absolute atomic E-state index is 0.175. The van der Waals surface area contributed by atoms with Crippen LogP contribution in [-0.4, -0.2) is 62.1 Å². The van der Waals surface area contributed by atoms with E-state index in [0.29, 0.717) is 32.1 Å². The summed E-state index contributed by atoms with van der Waals surface area (Å²) in [7, 11) is 4.50. The molecule has 8 heteroatoms. The van der Waals surface area contributed by atoms with Crippen molar-refractivity contribution in [1.29, 1.82) is 0 Å². The van der Waals surface area contributed by atoms with Crippen molar-refractivity contribution in [3.8, 4) is 0 Å². The molecular formula is C12H21N3O5. The Labute approximate surface area is 117 Å². The van der Waals surface area contributed by atoms with Crippen molar-refractivity contribution < 1.29 is 23.7 Å². The van der Waals surface area contributed by atoms with E-state index in [0.717, 1.165) is 6.42 Å². The number of carbonyl (C=O) groups is 1. The van der Waals surface area contributed by atoms with E-state index in [1.165, 1.54) is 7.11 Å². The Bertz CT molecular complexity index is 408. The van der Waals surface area contributed by atoms with Gasteiger partial charge in [0.2, 0.25) is 0 Å². The molecule has 0 radical (unpaired) electrons. The smallest absolute Gasteiger partial charge is 0.360 e. The molecule has 1 aromatic rings. The lowest BCUT2D eigenvalue weighted by atomic mass is 10.3. The van der Waals surface area contributed by atoms with Crippen LogP contribution in [-0.2, 0) is 32.1 Å². The van der Waals surface area contributed by atoms with Crippen LogP contribution in [0.2, 0.25) is 0 Å². The molecule has 114 valence electrons. The lowest BCUT2D eigenvalue weighted by Gasteiger charge is -2.07. The van der Waals surface area contributed by atoms with Crippen LogP contribution in [0.1, 0.15) is 22.6 Å². The Kier molecular flexibility index (Phi) is 7.78. The maximum Gasteiger partial charge on any atom is 0.360 e. The highest BCUT2D eigenvalue weighted by Gasteiger charge is 2.19. The number of nitrogens with zero attached hydrogens (tertiary/aromatic N) is 3. The van der Waals surface area contributed by atoms with Gasteiger partial charge in [0.05, 0.1) is 32.6 Å². The fourth-order valence-electron chi connectivity index (χ4n) is 1.61. The number of hydrogen-bond donors (Lipinski definition) is 0. The molecule has 0 atom stereocenters. The molecule has 0 saturated carbocycles. The third kappa shape index (κ3) is 4.87. The Balaban J connectivity index is 2.52. The Morgan fingerprint density at radius 2 is 1.95 bits per heavy atom. The summed E-state index contributed by atoms with van der Waals surface area (Å²) in [6.07, 6.45) is 0.839. The van der Waals surface area contributed by atoms with Crippen molar-refractivity contribution >= 4 is 5.97 Å². The maximum absolute atomic E-state index is 11.5. The molecule has 1 heterocycles. The second kappa shape index (κ2) is 9.40. The van der Waals surface area contributed by atoms with Gasteiger partial charge in [0.15, 0.2) is 5.69 Å². The molecule has 0 saturated heterocycles. The Hall–Kier alpha value is -1.51. The monoisotopic (exact) mass is 287 g/mol. The van der Waals surface area contributed by atoms with E-state index in [9.17, 15) is 4.79 Å². The van der Waals surface area contributed by atoms with Gasteiger partial charge in [0.25, 0.3) is 0 Å². The van der Waals surface area contributed by atoms with E-state index in [2.05, 4.69) is 15.0 Å². The third-order valence-corrected chi connectivity index (χ3v) is 2.58. The molecule has 0 aliphatic carbocycles. The van der Waals surface area contributed by atoms with Crippen LogP contribution in [0, 0.1) is 0 Å². The molecule has 0 spiro atoms. The second-order valence-electron chi connectivity index (χ2n) is 3.99. The van der Waals surface area contributed by atoms with Crippen LogP contribution in [0.4, 0.5) is 0 Å². The Morgan fingerprint density at radius 1 is 1.15 bits per heavy atom. The van der Waals surface area contributed by atoms with Crippen molar-refractivity contribution in [2.75, 3.05) is 41.2 Å². The summed E-state index contributed by atoms with van der Waals surface area (Å²) in [4.78, 5) is 11.5. The number of aromatic nitrogens is 3.